The Labute approximate surface area is 184 Å². The first-order valence-electron chi connectivity index (χ1n) is 10.9. The topological polar surface area (TPSA) is 92.0 Å². The third kappa shape index (κ3) is 7.94. The number of carbonyl (C=O) groups is 1. The highest BCUT2D eigenvalue weighted by molar-refractivity contribution is 5.79. The molecule has 1 amide bonds. The maximum atomic E-state index is 10.8. The van der Waals surface area contributed by atoms with Crippen LogP contribution in [0.5, 0.6) is 5.75 Å². The van der Waals surface area contributed by atoms with Gasteiger partial charge in [0.25, 0.3) is 5.91 Å². The summed E-state index contributed by atoms with van der Waals surface area (Å²) in [6.45, 7) is 4.88. The van der Waals surface area contributed by atoms with Crippen molar-refractivity contribution in [1.82, 2.24) is 15.5 Å². The molecule has 0 unspecified atom stereocenters. The van der Waals surface area contributed by atoms with Crippen LogP contribution in [0.15, 0.2) is 53.5 Å². The minimum Gasteiger partial charge on any atom is -0.484 e. The SMILES string of the molecule is CN=C(NCCc1ccc(OCC(N)=O)cc1)NCc1ccc(CN2CCCC2)cc1. The van der Waals surface area contributed by atoms with Crippen molar-refractivity contribution in [3.8, 4) is 5.75 Å². The second-order valence-corrected chi connectivity index (χ2v) is 7.80. The summed E-state index contributed by atoms with van der Waals surface area (Å²) in [5.41, 5.74) is 8.86. The van der Waals surface area contributed by atoms with Crippen molar-refractivity contribution >= 4 is 11.9 Å². The molecule has 1 aliphatic rings. The maximum Gasteiger partial charge on any atom is 0.255 e. The number of primary amides is 1. The fraction of sp³-hybridized carbons (Fsp3) is 0.417. The van der Waals surface area contributed by atoms with E-state index in [4.69, 9.17) is 10.5 Å². The Bertz CT molecular complexity index is 843. The molecule has 1 heterocycles. The normalized spacial score (nSPS) is 14.4. The van der Waals surface area contributed by atoms with Gasteiger partial charge >= 0.3 is 0 Å². The molecule has 0 bridgehead atoms. The number of rotatable bonds is 10. The number of carbonyl (C=O) groups excluding carboxylic acids is 1. The van der Waals surface area contributed by atoms with Crippen molar-refractivity contribution in [3.63, 3.8) is 0 Å². The number of likely N-dealkylation sites (tertiary alicyclic amines) is 1. The van der Waals surface area contributed by atoms with E-state index in [9.17, 15) is 4.79 Å². The van der Waals surface area contributed by atoms with E-state index in [0.717, 1.165) is 32.0 Å². The summed E-state index contributed by atoms with van der Waals surface area (Å²) in [4.78, 5) is 17.6. The predicted octanol–water partition coefficient (Wildman–Crippen LogP) is 2.05. The molecule has 0 aliphatic carbocycles. The third-order valence-electron chi connectivity index (χ3n) is 5.32. The number of hydrogen-bond donors (Lipinski definition) is 3. The lowest BCUT2D eigenvalue weighted by molar-refractivity contribution is -0.119. The van der Waals surface area contributed by atoms with Gasteiger partial charge < -0.3 is 21.1 Å². The van der Waals surface area contributed by atoms with E-state index < -0.39 is 5.91 Å². The summed E-state index contributed by atoms with van der Waals surface area (Å²) < 4.78 is 5.28. The first kappa shape index (κ1) is 22.6. The molecule has 31 heavy (non-hydrogen) atoms. The molecule has 7 heteroatoms. The zero-order valence-electron chi connectivity index (χ0n) is 18.3. The molecule has 0 radical (unpaired) electrons. The summed E-state index contributed by atoms with van der Waals surface area (Å²) >= 11 is 0. The average molecular weight is 424 g/mol. The largest absolute Gasteiger partial charge is 0.484 e. The van der Waals surface area contributed by atoms with Crippen LogP contribution in [0.3, 0.4) is 0 Å². The van der Waals surface area contributed by atoms with Crippen LogP contribution in [0.25, 0.3) is 0 Å². The summed E-state index contributed by atoms with van der Waals surface area (Å²) in [6, 6.07) is 16.5. The maximum absolute atomic E-state index is 10.8. The van der Waals surface area contributed by atoms with Gasteiger partial charge in [0.05, 0.1) is 0 Å². The van der Waals surface area contributed by atoms with Crippen molar-refractivity contribution in [2.75, 3.05) is 33.3 Å². The molecule has 0 atom stereocenters. The van der Waals surface area contributed by atoms with Gasteiger partial charge in [-0.05, 0) is 61.2 Å². The number of nitrogens with one attached hydrogen (secondary N) is 2. The van der Waals surface area contributed by atoms with Gasteiger partial charge in [-0.1, -0.05) is 36.4 Å². The summed E-state index contributed by atoms with van der Waals surface area (Å²) in [7, 11) is 1.78. The Balaban J connectivity index is 1.37. The molecule has 1 fully saturated rings. The Kier molecular flexibility index (Phi) is 8.72. The summed E-state index contributed by atoms with van der Waals surface area (Å²) in [5.74, 6) is 0.937. The zero-order valence-corrected chi connectivity index (χ0v) is 18.3. The minimum atomic E-state index is -0.481. The molecule has 7 nitrogen and oxygen atoms in total. The quantitative estimate of drug-likeness (QED) is 0.402. The minimum absolute atomic E-state index is 0.107. The standard InChI is InChI=1S/C24H33N5O2/c1-26-24(27-13-12-19-8-10-22(11-9-19)31-18-23(25)30)28-16-20-4-6-21(7-5-20)17-29-14-2-3-15-29/h4-11H,2-3,12-18H2,1H3,(H2,25,30)(H2,26,27,28). The van der Waals surface area contributed by atoms with Crippen LogP contribution in [-0.4, -0.2) is 50.1 Å². The Morgan fingerprint density at radius 1 is 1.00 bits per heavy atom. The van der Waals surface area contributed by atoms with Gasteiger partial charge in [-0.25, -0.2) is 0 Å². The fourth-order valence-electron chi connectivity index (χ4n) is 3.60. The van der Waals surface area contributed by atoms with Gasteiger partial charge in [-0.15, -0.1) is 0 Å². The van der Waals surface area contributed by atoms with Gasteiger partial charge in [0, 0.05) is 26.7 Å². The Morgan fingerprint density at radius 2 is 1.65 bits per heavy atom. The molecular weight excluding hydrogens is 390 g/mol. The van der Waals surface area contributed by atoms with Crippen LogP contribution in [0.2, 0.25) is 0 Å². The molecule has 2 aromatic carbocycles. The molecule has 0 aromatic heterocycles. The zero-order chi connectivity index (χ0) is 21.9. The highest BCUT2D eigenvalue weighted by atomic mass is 16.5. The van der Waals surface area contributed by atoms with Crippen molar-refractivity contribution in [2.45, 2.75) is 32.4 Å². The van der Waals surface area contributed by atoms with Crippen LogP contribution in [-0.2, 0) is 24.3 Å². The molecular formula is C24H33N5O2. The third-order valence-corrected chi connectivity index (χ3v) is 5.32. The molecule has 2 aromatic rings. The van der Waals surface area contributed by atoms with Crippen LogP contribution >= 0.6 is 0 Å². The predicted molar refractivity (Wildman–Crippen MR) is 124 cm³/mol. The van der Waals surface area contributed by atoms with Crippen molar-refractivity contribution < 1.29 is 9.53 Å². The van der Waals surface area contributed by atoms with Gasteiger partial charge in [-0.3, -0.25) is 14.7 Å². The number of amides is 1. The second-order valence-electron chi connectivity index (χ2n) is 7.80. The lowest BCUT2D eigenvalue weighted by Crippen LogP contribution is -2.37. The van der Waals surface area contributed by atoms with Crippen LogP contribution in [0.4, 0.5) is 0 Å². The molecule has 3 rings (SSSR count). The van der Waals surface area contributed by atoms with E-state index in [1.165, 1.54) is 42.6 Å². The molecule has 1 aliphatic heterocycles. The Morgan fingerprint density at radius 3 is 2.29 bits per heavy atom. The van der Waals surface area contributed by atoms with E-state index in [0.29, 0.717) is 5.75 Å². The van der Waals surface area contributed by atoms with Gasteiger partial charge in [0.15, 0.2) is 12.6 Å². The van der Waals surface area contributed by atoms with Gasteiger partial charge in [0.2, 0.25) is 0 Å². The van der Waals surface area contributed by atoms with E-state index in [1.807, 2.05) is 24.3 Å². The number of aliphatic imine (C=N–C) groups is 1. The lowest BCUT2D eigenvalue weighted by Gasteiger charge is -2.15. The fourth-order valence-corrected chi connectivity index (χ4v) is 3.60. The van der Waals surface area contributed by atoms with E-state index in [2.05, 4.69) is 44.8 Å². The first-order valence-corrected chi connectivity index (χ1v) is 10.9. The lowest BCUT2D eigenvalue weighted by atomic mass is 10.1. The summed E-state index contributed by atoms with van der Waals surface area (Å²) in [5, 5.41) is 6.71. The molecule has 1 saturated heterocycles. The number of nitrogens with zero attached hydrogens (tertiary/aromatic N) is 2. The number of ether oxygens (including phenoxy) is 1. The van der Waals surface area contributed by atoms with Crippen molar-refractivity contribution in [1.29, 1.82) is 0 Å². The smallest absolute Gasteiger partial charge is 0.255 e. The number of nitrogens with two attached hydrogens (primary N) is 1. The van der Waals surface area contributed by atoms with Crippen molar-refractivity contribution in [3.05, 3.63) is 65.2 Å². The van der Waals surface area contributed by atoms with Gasteiger partial charge in [-0.2, -0.15) is 0 Å². The van der Waals surface area contributed by atoms with E-state index in [-0.39, 0.29) is 6.61 Å². The number of benzene rings is 2. The van der Waals surface area contributed by atoms with Crippen LogP contribution < -0.4 is 21.1 Å². The van der Waals surface area contributed by atoms with E-state index >= 15 is 0 Å². The number of hydrogen-bond acceptors (Lipinski definition) is 4. The highest BCUT2D eigenvalue weighted by Gasteiger charge is 2.11. The molecule has 4 N–H and O–H groups in total. The monoisotopic (exact) mass is 423 g/mol. The van der Waals surface area contributed by atoms with Crippen LogP contribution in [0.1, 0.15) is 29.5 Å². The molecule has 0 saturated carbocycles. The average Bonchev–Trinajstić information content (AvgIpc) is 3.29. The summed E-state index contributed by atoms with van der Waals surface area (Å²) in [6.07, 6.45) is 3.50. The Hall–Kier alpha value is -3.06. The molecule has 166 valence electrons. The first-order chi connectivity index (χ1) is 15.1. The van der Waals surface area contributed by atoms with Gasteiger partial charge in [0.1, 0.15) is 5.75 Å². The van der Waals surface area contributed by atoms with Crippen molar-refractivity contribution in [2.24, 2.45) is 10.7 Å². The molecule has 0 spiro atoms. The van der Waals surface area contributed by atoms with E-state index in [1.54, 1.807) is 7.05 Å². The number of guanidine groups is 1. The van der Waals surface area contributed by atoms with Crippen LogP contribution in [0, 0.1) is 0 Å². The second kappa shape index (κ2) is 12.0. The highest BCUT2D eigenvalue weighted by Crippen LogP contribution is 2.14.